The van der Waals surface area contributed by atoms with E-state index in [0.717, 1.165) is 13.1 Å². The van der Waals surface area contributed by atoms with Crippen molar-refractivity contribution >= 4 is 34.8 Å². The van der Waals surface area contributed by atoms with Gasteiger partial charge in [0, 0.05) is 55.6 Å². The molecule has 1 unspecified atom stereocenters. The number of hydrogen-bond acceptors (Lipinski definition) is 5. The maximum absolute atomic E-state index is 13.9. The molecule has 1 atom stereocenters. The van der Waals surface area contributed by atoms with E-state index < -0.39 is 11.7 Å². The summed E-state index contributed by atoms with van der Waals surface area (Å²) in [5, 5.41) is 5.41. The zero-order valence-corrected chi connectivity index (χ0v) is 22.1. The summed E-state index contributed by atoms with van der Waals surface area (Å²) >= 11 is 0. The zero-order valence-electron chi connectivity index (χ0n) is 22.1. The van der Waals surface area contributed by atoms with E-state index in [4.69, 9.17) is 4.99 Å². The number of amides is 3. The molecule has 0 aromatic heterocycles. The maximum atomic E-state index is 13.9. The second kappa shape index (κ2) is 10.8. The maximum Gasteiger partial charge on any atom is 0.253 e. The highest BCUT2D eigenvalue weighted by atomic mass is 19.1. The summed E-state index contributed by atoms with van der Waals surface area (Å²) < 4.78 is 13.9. The van der Waals surface area contributed by atoms with Gasteiger partial charge in [-0.2, -0.15) is 0 Å². The highest BCUT2D eigenvalue weighted by molar-refractivity contribution is 6.25. The fraction of sp³-hybridized carbons (Fsp3) is 0.267. The number of aliphatic imine (C=N–C) groups is 1. The molecule has 5 rings (SSSR count). The summed E-state index contributed by atoms with van der Waals surface area (Å²) in [5.74, 6) is -1.88. The van der Waals surface area contributed by atoms with Crippen LogP contribution in [-0.4, -0.2) is 73.5 Å². The second-order valence-electron chi connectivity index (χ2n) is 9.85. The van der Waals surface area contributed by atoms with E-state index in [9.17, 15) is 18.8 Å². The number of benzene rings is 3. The number of nitrogens with one attached hydrogen (secondary N) is 2. The van der Waals surface area contributed by atoms with Crippen LogP contribution in [-0.2, 0) is 4.79 Å². The highest BCUT2D eigenvalue weighted by Gasteiger charge is 2.36. The van der Waals surface area contributed by atoms with E-state index >= 15 is 0 Å². The molecule has 3 aromatic carbocycles. The third-order valence-corrected chi connectivity index (χ3v) is 7.36. The van der Waals surface area contributed by atoms with Crippen molar-refractivity contribution in [1.82, 2.24) is 15.1 Å². The third-order valence-electron chi connectivity index (χ3n) is 7.36. The molecule has 9 heteroatoms. The first kappa shape index (κ1) is 26.2. The Labute approximate surface area is 226 Å². The van der Waals surface area contributed by atoms with Gasteiger partial charge in [0.05, 0.1) is 11.4 Å². The van der Waals surface area contributed by atoms with Crippen molar-refractivity contribution in [2.24, 2.45) is 4.99 Å². The van der Waals surface area contributed by atoms with Crippen LogP contribution >= 0.6 is 0 Å². The molecule has 2 aliphatic rings. The average molecular weight is 528 g/mol. The van der Waals surface area contributed by atoms with Crippen LogP contribution in [0.4, 0.5) is 15.8 Å². The first-order valence-electron chi connectivity index (χ1n) is 12.9. The molecule has 1 saturated heterocycles. The lowest BCUT2D eigenvalue weighted by atomic mass is 9.87. The number of rotatable bonds is 5. The van der Waals surface area contributed by atoms with Gasteiger partial charge in [-0.1, -0.05) is 18.2 Å². The van der Waals surface area contributed by atoms with E-state index in [1.54, 1.807) is 49.5 Å². The summed E-state index contributed by atoms with van der Waals surface area (Å²) in [4.78, 5) is 47.7. The Kier molecular flexibility index (Phi) is 7.26. The average Bonchev–Trinajstić information content (AvgIpc) is 3.26. The number of hydrogen-bond donors (Lipinski definition) is 2. The molecular formula is C30H30FN5O3. The number of fused-ring (bicyclic) bond motifs is 1. The monoisotopic (exact) mass is 527 g/mol. The standard InChI is InChI=1S/C30H30FN5O3/c1-18-22(5-4-6-23(18)28(37)32-2)27(26-24-12-9-20(31)17-25(24)34-29(26)38)33-21-10-7-19(8-11-21)30(39)36-15-13-35(3)14-16-36/h4-12,17,26H,13-16H2,1-3H3,(H,32,37)(H,34,38). The van der Waals surface area contributed by atoms with Crippen molar-refractivity contribution in [1.29, 1.82) is 0 Å². The van der Waals surface area contributed by atoms with Crippen molar-refractivity contribution in [2.45, 2.75) is 12.8 Å². The highest BCUT2D eigenvalue weighted by Crippen LogP contribution is 2.37. The molecule has 1 fully saturated rings. The van der Waals surface area contributed by atoms with Crippen LogP contribution < -0.4 is 10.6 Å². The Hall–Kier alpha value is -4.37. The number of halogens is 1. The summed E-state index contributed by atoms with van der Waals surface area (Å²) in [6.45, 7) is 4.83. The Balaban J connectivity index is 1.56. The van der Waals surface area contributed by atoms with Gasteiger partial charge in [0.15, 0.2) is 0 Å². The topological polar surface area (TPSA) is 94.1 Å². The zero-order chi connectivity index (χ0) is 27.7. The van der Waals surface area contributed by atoms with Gasteiger partial charge in [-0.05, 0) is 67.6 Å². The molecule has 2 heterocycles. The van der Waals surface area contributed by atoms with Crippen LogP contribution in [0.3, 0.4) is 0 Å². The van der Waals surface area contributed by atoms with Crippen LogP contribution in [0.25, 0.3) is 0 Å². The lowest BCUT2D eigenvalue weighted by Crippen LogP contribution is -2.47. The third kappa shape index (κ3) is 5.18. The minimum atomic E-state index is -0.814. The van der Waals surface area contributed by atoms with Gasteiger partial charge < -0.3 is 20.4 Å². The van der Waals surface area contributed by atoms with Crippen molar-refractivity contribution in [2.75, 3.05) is 45.6 Å². The number of nitrogens with zero attached hydrogens (tertiary/aromatic N) is 3. The quantitative estimate of drug-likeness (QED) is 0.495. The molecule has 2 N–H and O–H groups in total. The van der Waals surface area contributed by atoms with Crippen molar-refractivity contribution in [3.63, 3.8) is 0 Å². The van der Waals surface area contributed by atoms with Gasteiger partial charge >= 0.3 is 0 Å². The number of piperazine rings is 1. The minimum absolute atomic E-state index is 0.0286. The molecule has 3 amide bonds. The first-order chi connectivity index (χ1) is 18.8. The molecule has 0 bridgehead atoms. The number of carbonyl (C=O) groups excluding carboxylic acids is 3. The van der Waals surface area contributed by atoms with Crippen LogP contribution in [0, 0.1) is 12.7 Å². The minimum Gasteiger partial charge on any atom is -0.355 e. The lowest BCUT2D eigenvalue weighted by molar-refractivity contribution is -0.115. The molecule has 0 radical (unpaired) electrons. The largest absolute Gasteiger partial charge is 0.355 e. The lowest BCUT2D eigenvalue weighted by Gasteiger charge is -2.32. The van der Waals surface area contributed by atoms with Crippen LogP contribution in [0.2, 0.25) is 0 Å². The molecule has 0 saturated carbocycles. The van der Waals surface area contributed by atoms with E-state index in [1.165, 1.54) is 12.1 Å². The molecule has 3 aromatic rings. The molecule has 39 heavy (non-hydrogen) atoms. The molecule has 0 spiro atoms. The van der Waals surface area contributed by atoms with Crippen molar-refractivity contribution < 1.29 is 18.8 Å². The summed E-state index contributed by atoms with van der Waals surface area (Å²) in [7, 11) is 3.60. The summed E-state index contributed by atoms with van der Waals surface area (Å²) in [6.07, 6.45) is 0. The number of carbonyl (C=O) groups is 3. The predicted molar refractivity (Wildman–Crippen MR) is 148 cm³/mol. The Morgan fingerprint density at radius 1 is 1.00 bits per heavy atom. The molecule has 0 aliphatic carbocycles. The molecule has 2 aliphatic heterocycles. The summed E-state index contributed by atoms with van der Waals surface area (Å²) in [5.41, 5.74) is 4.31. The van der Waals surface area contributed by atoms with E-state index in [1.807, 2.05) is 24.9 Å². The van der Waals surface area contributed by atoms with E-state index in [-0.39, 0.29) is 17.7 Å². The Morgan fingerprint density at radius 2 is 1.69 bits per heavy atom. The smallest absolute Gasteiger partial charge is 0.253 e. The van der Waals surface area contributed by atoms with Gasteiger partial charge in [-0.3, -0.25) is 19.4 Å². The molecule has 8 nitrogen and oxygen atoms in total. The Morgan fingerprint density at radius 3 is 2.38 bits per heavy atom. The molecule has 200 valence electrons. The normalized spacial score (nSPS) is 17.5. The van der Waals surface area contributed by atoms with Gasteiger partial charge in [0.2, 0.25) is 5.91 Å². The van der Waals surface area contributed by atoms with Crippen molar-refractivity contribution in [3.8, 4) is 0 Å². The van der Waals surface area contributed by atoms with E-state index in [2.05, 4.69) is 15.5 Å². The second-order valence-corrected chi connectivity index (χ2v) is 9.85. The van der Waals surface area contributed by atoms with Gasteiger partial charge in [-0.25, -0.2) is 4.39 Å². The van der Waals surface area contributed by atoms with Crippen LogP contribution in [0.15, 0.2) is 65.7 Å². The van der Waals surface area contributed by atoms with Gasteiger partial charge in [0.1, 0.15) is 11.7 Å². The predicted octanol–water partition coefficient (Wildman–Crippen LogP) is 3.74. The Bertz CT molecular complexity index is 1480. The van der Waals surface area contributed by atoms with Gasteiger partial charge in [0.25, 0.3) is 11.8 Å². The first-order valence-corrected chi connectivity index (χ1v) is 12.9. The fourth-order valence-electron chi connectivity index (χ4n) is 5.09. The number of likely N-dealkylation sites (N-methyl/N-ethyl adjacent to an activating group) is 1. The molecular weight excluding hydrogens is 497 g/mol. The van der Waals surface area contributed by atoms with Crippen LogP contribution in [0.5, 0.6) is 0 Å². The summed E-state index contributed by atoms with van der Waals surface area (Å²) in [6, 6.07) is 16.4. The van der Waals surface area contributed by atoms with Crippen molar-refractivity contribution in [3.05, 3.63) is 94.3 Å². The van der Waals surface area contributed by atoms with E-state index in [0.29, 0.717) is 58.0 Å². The number of anilines is 1. The SMILES string of the molecule is CNC(=O)c1cccc(C(=Nc2ccc(C(=O)N3CCN(C)CC3)cc2)C2C(=O)Nc3cc(F)ccc32)c1C. The van der Waals surface area contributed by atoms with Gasteiger partial charge in [-0.15, -0.1) is 0 Å². The fourth-order valence-corrected chi connectivity index (χ4v) is 5.09. The van der Waals surface area contributed by atoms with Crippen LogP contribution in [0.1, 0.15) is 43.3 Å².